The number of aromatic nitrogens is 1. The quantitative estimate of drug-likeness (QED) is 0.875. The molecule has 0 aromatic carbocycles. The number of nitrogens with one attached hydrogen (secondary N) is 1. The average Bonchev–Trinajstić information content (AvgIpc) is 2.81. The van der Waals surface area contributed by atoms with Crippen LogP contribution in [-0.4, -0.2) is 24.5 Å². The van der Waals surface area contributed by atoms with Gasteiger partial charge in [0.1, 0.15) is 4.88 Å². The zero-order valence-corrected chi connectivity index (χ0v) is 13.1. The van der Waals surface area contributed by atoms with Gasteiger partial charge in [-0.15, -0.1) is 11.3 Å². The Labute approximate surface area is 126 Å². The normalized spacial score (nSPS) is 11.5. The molecular weight excluding hydrogens is 312 g/mol. The number of thiophene rings is 1. The van der Waals surface area contributed by atoms with Crippen molar-refractivity contribution >= 4 is 27.3 Å². The Hall–Kier alpha value is -1.77. The molecule has 2 aromatic rings. The van der Waals surface area contributed by atoms with Gasteiger partial charge in [-0.1, -0.05) is 0 Å². The standard InChI is InChI=1S/C13H14N2O4S2/c1-8-6-14-4-3-10(8)7-15-21(18,19)12-5-11(13(16)17)20-9(12)2/h3-6,15H,7H2,1-2H3,(H,16,17). The third-order valence-electron chi connectivity index (χ3n) is 2.96. The first kappa shape index (κ1) is 15.6. The summed E-state index contributed by atoms with van der Waals surface area (Å²) < 4.78 is 27.0. The van der Waals surface area contributed by atoms with Gasteiger partial charge in [-0.05, 0) is 37.1 Å². The number of carboxylic acid groups (broad SMARTS) is 1. The van der Waals surface area contributed by atoms with Crippen molar-refractivity contribution in [3.05, 3.63) is 45.4 Å². The number of sulfonamides is 1. The minimum Gasteiger partial charge on any atom is -0.477 e. The minimum absolute atomic E-state index is 0.00738. The molecule has 0 spiro atoms. The molecule has 0 aliphatic carbocycles. The average molecular weight is 326 g/mol. The van der Waals surface area contributed by atoms with Gasteiger partial charge in [0, 0.05) is 23.8 Å². The van der Waals surface area contributed by atoms with Gasteiger partial charge in [-0.3, -0.25) is 4.98 Å². The van der Waals surface area contributed by atoms with Crippen molar-refractivity contribution in [3.8, 4) is 0 Å². The van der Waals surface area contributed by atoms with Crippen LogP contribution in [0.5, 0.6) is 0 Å². The van der Waals surface area contributed by atoms with Crippen LogP contribution in [0, 0.1) is 13.8 Å². The van der Waals surface area contributed by atoms with Crippen LogP contribution >= 0.6 is 11.3 Å². The van der Waals surface area contributed by atoms with Crippen molar-refractivity contribution in [1.29, 1.82) is 0 Å². The van der Waals surface area contributed by atoms with Crippen molar-refractivity contribution in [2.75, 3.05) is 0 Å². The second-order valence-electron chi connectivity index (χ2n) is 4.46. The molecule has 6 nitrogen and oxygen atoms in total. The minimum atomic E-state index is -3.74. The van der Waals surface area contributed by atoms with E-state index >= 15 is 0 Å². The highest BCUT2D eigenvalue weighted by Crippen LogP contribution is 2.25. The third-order valence-corrected chi connectivity index (χ3v) is 5.66. The summed E-state index contributed by atoms with van der Waals surface area (Å²) in [6.07, 6.45) is 3.25. The number of pyridine rings is 1. The van der Waals surface area contributed by atoms with E-state index in [9.17, 15) is 13.2 Å². The van der Waals surface area contributed by atoms with Crippen LogP contribution in [0.15, 0.2) is 29.4 Å². The molecule has 112 valence electrons. The Morgan fingerprint density at radius 3 is 2.71 bits per heavy atom. The highest BCUT2D eigenvalue weighted by atomic mass is 32.2. The van der Waals surface area contributed by atoms with E-state index in [2.05, 4.69) is 9.71 Å². The smallest absolute Gasteiger partial charge is 0.345 e. The van der Waals surface area contributed by atoms with Crippen molar-refractivity contribution in [2.45, 2.75) is 25.3 Å². The highest BCUT2D eigenvalue weighted by Gasteiger charge is 2.22. The van der Waals surface area contributed by atoms with E-state index in [1.54, 1.807) is 25.4 Å². The fourth-order valence-electron chi connectivity index (χ4n) is 1.79. The van der Waals surface area contributed by atoms with Crippen LogP contribution < -0.4 is 4.72 Å². The zero-order chi connectivity index (χ0) is 15.6. The van der Waals surface area contributed by atoms with Crippen LogP contribution in [0.1, 0.15) is 25.7 Å². The van der Waals surface area contributed by atoms with Gasteiger partial charge in [0.05, 0.1) is 4.90 Å². The maximum atomic E-state index is 12.3. The molecule has 0 bridgehead atoms. The summed E-state index contributed by atoms with van der Waals surface area (Å²) in [4.78, 5) is 15.3. The lowest BCUT2D eigenvalue weighted by Crippen LogP contribution is -2.23. The fourth-order valence-corrected chi connectivity index (χ4v) is 4.22. The van der Waals surface area contributed by atoms with E-state index in [0.717, 1.165) is 22.5 Å². The predicted molar refractivity (Wildman–Crippen MR) is 79.0 cm³/mol. The zero-order valence-electron chi connectivity index (χ0n) is 11.5. The lowest BCUT2D eigenvalue weighted by Gasteiger charge is -2.08. The summed E-state index contributed by atoms with van der Waals surface area (Å²) in [6.45, 7) is 3.56. The second-order valence-corrected chi connectivity index (χ2v) is 7.45. The number of aromatic carboxylic acids is 1. The number of carbonyl (C=O) groups is 1. The van der Waals surface area contributed by atoms with Crippen LogP contribution in [0.25, 0.3) is 0 Å². The number of hydrogen-bond acceptors (Lipinski definition) is 5. The molecule has 0 radical (unpaired) electrons. The highest BCUT2D eigenvalue weighted by molar-refractivity contribution is 7.89. The number of aryl methyl sites for hydroxylation is 2. The fraction of sp³-hybridized carbons (Fsp3) is 0.231. The molecule has 0 atom stereocenters. The Kier molecular flexibility index (Phi) is 4.40. The van der Waals surface area contributed by atoms with E-state index in [0.29, 0.717) is 4.88 Å². The molecule has 0 saturated heterocycles. The molecule has 0 aliphatic heterocycles. The summed E-state index contributed by atoms with van der Waals surface area (Å²) in [5.74, 6) is -1.13. The van der Waals surface area contributed by atoms with Crippen molar-refractivity contribution in [3.63, 3.8) is 0 Å². The van der Waals surface area contributed by atoms with Crippen LogP contribution in [0.2, 0.25) is 0 Å². The first-order valence-corrected chi connectivity index (χ1v) is 8.34. The van der Waals surface area contributed by atoms with Gasteiger partial charge in [-0.25, -0.2) is 17.9 Å². The largest absolute Gasteiger partial charge is 0.477 e. The van der Waals surface area contributed by atoms with Crippen LogP contribution in [-0.2, 0) is 16.6 Å². The van der Waals surface area contributed by atoms with E-state index in [1.807, 2.05) is 6.92 Å². The molecule has 21 heavy (non-hydrogen) atoms. The molecule has 8 heteroatoms. The SMILES string of the molecule is Cc1cnccc1CNS(=O)(=O)c1cc(C(=O)O)sc1C. The van der Waals surface area contributed by atoms with Gasteiger partial charge in [0.2, 0.25) is 10.0 Å². The van der Waals surface area contributed by atoms with Gasteiger partial charge < -0.3 is 5.11 Å². The Morgan fingerprint density at radius 1 is 1.43 bits per heavy atom. The predicted octanol–water partition coefficient (Wildman–Crippen LogP) is 1.94. The van der Waals surface area contributed by atoms with E-state index in [1.165, 1.54) is 6.07 Å². The molecule has 0 aliphatic rings. The maximum absolute atomic E-state index is 12.3. The summed E-state index contributed by atoms with van der Waals surface area (Å²) in [6, 6.07) is 2.92. The number of nitrogens with zero attached hydrogens (tertiary/aromatic N) is 1. The monoisotopic (exact) mass is 326 g/mol. The third kappa shape index (κ3) is 3.46. The van der Waals surface area contributed by atoms with Gasteiger partial charge in [-0.2, -0.15) is 0 Å². The summed E-state index contributed by atoms with van der Waals surface area (Å²) in [7, 11) is -3.74. The Morgan fingerprint density at radius 2 is 2.14 bits per heavy atom. The van der Waals surface area contributed by atoms with E-state index < -0.39 is 16.0 Å². The van der Waals surface area contributed by atoms with Crippen LogP contribution in [0.4, 0.5) is 0 Å². The van der Waals surface area contributed by atoms with Gasteiger partial charge >= 0.3 is 5.97 Å². The summed E-state index contributed by atoms with van der Waals surface area (Å²) >= 11 is 0.945. The summed E-state index contributed by atoms with van der Waals surface area (Å²) in [5.41, 5.74) is 1.70. The Balaban J connectivity index is 2.23. The van der Waals surface area contributed by atoms with Crippen molar-refractivity contribution in [1.82, 2.24) is 9.71 Å². The number of hydrogen-bond donors (Lipinski definition) is 2. The van der Waals surface area contributed by atoms with Crippen molar-refractivity contribution in [2.24, 2.45) is 0 Å². The number of rotatable bonds is 5. The molecule has 0 fully saturated rings. The molecule has 2 N–H and O–H groups in total. The molecule has 2 rings (SSSR count). The molecule has 0 saturated carbocycles. The molecule has 0 unspecified atom stereocenters. The van der Waals surface area contributed by atoms with Gasteiger partial charge in [0.15, 0.2) is 0 Å². The first-order valence-electron chi connectivity index (χ1n) is 6.04. The molecular formula is C13H14N2O4S2. The van der Waals surface area contributed by atoms with E-state index in [-0.39, 0.29) is 16.3 Å². The van der Waals surface area contributed by atoms with E-state index in [4.69, 9.17) is 5.11 Å². The topological polar surface area (TPSA) is 96.4 Å². The molecule has 0 amide bonds. The second kappa shape index (κ2) is 5.92. The van der Waals surface area contributed by atoms with Crippen molar-refractivity contribution < 1.29 is 18.3 Å². The lowest BCUT2D eigenvalue weighted by atomic mass is 10.2. The first-order chi connectivity index (χ1) is 9.81. The summed E-state index contributed by atoms with van der Waals surface area (Å²) in [5, 5.41) is 8.92. The van der Waals surface area contributed by atoms with Crippen LogP contribution in [0.3, 0.4) is 0 Å². The Bertz CT molecular complexity index is 781. The maximum Gasteiger partial charge on any atom is 0.345 e. The molecule has 2 heterocycles. The molecule has 2 aromatic heterocycles. The lowest BCUT2D eigenvalue weighted by molar-refractivity contribution is 0.0702. The van der Waals surface area contributed by atoms with Gasteiger partial charge in [0.25, 0.3) is 0 Å². The number of carboxylic acids is 1.